The van der Waals surface area contributed by atoms with Crippen LogP contribution < -0.4 is 4.90 Å². The van der Waals surface area contributed by atoms with Crippen molar-refractivity contribution in [3.8, 4) is 5.69 Å². The number of hydrogen-bond donors (Lipinski definition) is 0. The van der Waals surface area contributed by atoms with E-state index in [9.17, 15) is 4.79 Å². The fourth-order valence-electron chi connectivity index (χ4n) is 4.76. The molecule has 1 saturated heterocycles. The first-order chi connectivity index (χ1) is 15.5. The highest BCUT2D eigenvalue weighted by Gasteiger charge is 2.31. The number of benzene rings is 1. The lowest BCUT2D eigenvalue weighted by atomic mass is 9.95. The summed E-state index contributed by atoms with van der Waals surface area (Å²) in [5.41, 5.74) is 3.09. The maximum atomic E-state index is 12.6. The Labute approximate surface area is 193 Å². The van der Waals surface area contributed by atoms with Crippen molar-refractivity contribution in [2.45, 2.75) is 52.1 Å². The maximum absolute atomic E-state index is 12.6. The van der Waals surface area contributed by atoms with Crippen LogP contribution in [0.4, 0.5) is 5.82 Å². The Bertz CT molecular complexity index is 1150. The Morgan fingerprint density at radius 3 is 2.69 bits per heavy atom. The van der Waals surface area contributed by atoms with Crippen LogP contribution in [0.1, 0.15) is 55.0 Å². The standard InChI is InChI=1S/C24H27ClN6O/c1-3-23(32)30-14-18-13-19(25)7-8-20(18)31-22(15-30)27-28-24(31)17-9-11-29(12-10-17)21-6-4-5-16(2)26-21/h4-8,13,17H,3,9-12,14-15H2,1-2H3. The zero-order chi connectivity index (χ0) is 22.2. The van der Waals surface area contributed by atoms with Crippen LogP contribution >= 0.6 is 11.6 Å². The zero-order valence-electron chi connectivity index (χ0n) is 18.5. The summed E-state index contributed by atoms with van der Waals surface area (Å²) in [7, 11) is 0. The number of fused-ring (bicyclic) bond motifs is 3. The van der Waals surface area contributed by atoms with Crippen LogP contribution in [-0.4, -0.2) is 43.6 Å². The second kappa shape index (κ2) is 8.54. The Morgan fingerprint density at radius 1 is 1.12 bits per heavy atom. The number of carbonyl (C=O) groups is 1. The van der Waals surface area contributed by atoms with Gasteiger partial charge < -0.3 is 9.80 Å². The molecule has 5 rings (SSSR count). The van der Waals surface area contributed by atoms with Crippen molar-refractivity contribution in [3.05, 3.63) is 64.3 Å². The van der Waals surface area contributed by atoms with Crippen molar-refractivity contribution in [1.82, 2.24) is 24.6 Å². The summed E-state index contributed by atoms with van der Waals surface area (Å²) in [4.78, 5) is 21.4. The average Bonchev–Trinajstić information content (AvgIpc) is 3.14. The number of hydrogen-bond acceptors (Lipinski definition) is 5. The largest absolute Gasteiger partial charge is 0.357 e. The minimum Gasteiger partial charge on any atom is -0.357 e. The predicted molar refractivity (Wildman–Crippen MR) is 124 cm³/mol. The van der Waals surface area contributed by atoms with Crippen LogP contribution in [0.5, 0.6) is 0 Å². The molecule has 166 valence electrons. The molecule has 2 aromatic heterocycles. The summed E-state index contributed by atoms with van der Waals surface area (Å²) in [5, 5.41) is 9.82. The SMILES string of the molecule is CCC(=O)N1Cc2cc(Cl)ccc2-n2c(nnc2C2CCN(c3cccc(C)n3)CC2)C1. The molecule has 0 radical (unpaired) electrons. The van der Waals surface area contributed by atoms with Gasteiger partial charge in [-0.25, -0.2) is 4.98 Å². The van der Waals surface area contributed by atoms with E-state index in [1.165, 1.54) is 0 Å². The molecule has 2 aliphatic heterocycles. The van der Waals surface area contributed by atoms with E-state index in [1.54, 1.807) is 0 Å². The Balaban J connectivity index is 1.45. The number of anilines is 1. The van der Waals surface area contributed by atoms with Crippen LogP contribution in [-0.2, 0) is 17.9 Å². The van der Waals surface area contributed by atoms with Crippen molar-refractivity contribution in [1.29, 1.82) is 0 Å². The minimum absolute atomic E-state index is 0.105. The Hall–Kier alpha value is -2.93. The first kappa shape index (κ1) is 20.9. The van der Waals surface area contributed by atoms with E-state index in [0.717, 1.165) is 60.3 Å². The molecule has 0 aliphatic carbocycles. The number of carbonyl (C=O) groups excluding carboxylic acids is 1. The number of halogens is 1. The van der Waals surface area contributed by atoms with Crippen LogP contribution in [0.25, 0.3) is 5.69 Å². The van der Waals surface area contributed by atoms with Gasteiger partial charge >= 0.3 is 0 Å². The van der Waals surface area contributed by atoms with Crippen LogP contribution in [0.15, 0.2) is 36.4 Å². The topological polar surface area (TPSA) is 67.2 Å². The molecule has 0 bridgehead atoms. The molecule has 0 spiro atoms. The lowest BCUT2D eigenvalue weighted by Gasteiger charge is -2.32. The summed E-state index contributed by atoms with van der Waals surface area (Å²) in [6.45, 7) is 6.76. The Kier molecular flexibility index (Phi) is 5.59. The second-order valence-electron chi connectivity index (χ2n) is 8.58. The van der Waals surface area contributed by atoms with Crippen LogP contribution in [0, 0.1) is 6.92 Å². The van der Waals surface area contributed by atoms with Crippen molar-refractivity contribution in [2.24, 2.45) is 0 Å². The molecule has 8 heteroatoms. The predicted octanol–water partition coefficient (Wildman–Crippen LogP) is 4.26. The lowest BCUT2D eigenvalue weighted by molar-refractivity contribution is -0.132. The van der Waals surface area contributed by atoms with Gasteiger partial charge in [-0.3, -0.25) is 9.36 Å². The number of nitrogens with zero attached hydrogens (tertiary/aromatic N) is 6. The van der Waals surface area contributed by atoms with Gasteiger partial charge in [0.1, 0.15) is 11.6 Å². The highest BCUT2D eigenvalue weighted by atomic mass is 35.5. The number of amides is 1. The van der Waals surface area contributed by atoms with E-state index in [1.807, 2.05) is 43.0 Å². The molecule has 32 heavy (non-hydrogen) atoms. The smallest absolute Gasteiger partial charge is 0.222 e. The second-order valence-corrected chi connectivity index (χ2v) is 9.02. The van der Waals surface area contributed by atoms with Gasteiger partial charge in [0.25, 0.3) is 0 Å². The molecule has 2 aliphatic rings. The van der Waals surface area contributed by atoms with Crippen molar-refractivity contribution in [3.63, 3.8) is 0 Å². The van der Waals surface area contributed by atoms with Crippen LogP contribution in [0.3, 0.4) is 0 Å². The van der Waals surface area contributed by atoms with Crippen molar-refractivity contribution < 1.29 is 4.79 Å². The molecule has 0 atom stereocenters. The van der Waals surface area contributed by atoms with E-state index < -0.39 is 0 Å². The summed E-state index contributed by atoms with van der Waals surface area (Å²) < 4.78 is 2.17. The third kappa shape index (κ3) is 3.86. The van der Waals surface area contributed by atoms with Gasteiger partial charge in [0.05, 0.1) is 12.2 Å². The summed E-state index contributed by atoms with van der Waals surface area (Å²) >= 11 is 6.31. The average molecular weight is 451 g/mol. The third-order valence-corrected chi connectivity index (χ3v) is 6.68. The van der Waals surface area contributed by atoms with Gasteiger partial charge in [0, 0.05) is 42.7 Å². The summed E-state index contributed by atoms with van der Waals surface area (Å²) in [5.74, 6) is 3.23. The summed E-state index contributed by atoms with van der Waals surface area (Å²) in [6.07, 6.45) is 2.42. The van der Waals surface area contributed by atoms with Crippen molar-refractivity contribution in [2.75, 3.05) is 18.0 Å². The van der Waals surface area contributed by atoms with E-state index in [-0.39, 0.29) is 5.91 Å². The fourth-order valence-corrected chi connectivity index (χ4v) is 4.96. The fraction of sp³-hybridized carbons (Fsp3) is 0.417. The van der Waals surface area contributed by atoms with E-state index in [2.05, 4.69) is 36.8 Å². The zero-order valence-corrected chi connectivity index (χ0v) is 19.2. The molecule has 0 N–H and O–H groups in total. The normalized spacial score (nSPS) is 16.5. The third-order valence-electron chi connectivity index (χ3n) is 6.44. The molecular formula is C24H27ClN6O. The molecular weight excluding hydrogens is 424 g/mol. The summed E-state index contributed by atoms with van der Waals surface area (Å²) in [6, 6.07) is 12.1. The van der Waals surface area contributed by atoms with E-state index in [0.29, 0.717) is 30.5 Å². The van der Waals surface area contributed by atoms with Gasteiger partial charge in [0.15, 0.2) is 5.82 Å². The maximum Gasteiger partial charge on any atom is 0.222 e. The highest BCUT2D eigenvalue weighted by Crippen LogP contribution is 2.34. The van der Waals surface area contributed by atoms with Crippen molar-refractivity contribution >= 4 is 23.3 Å². The number of aryl methyl sites for hydroxylation is 1. The van der Waals surface area contributed by atoms with Gasteiger partial charge in [-0.2, -0.15) is 0 Å². The highest BCUT2D eigenvalue weighted by molar-refractivity contribution is 6.30. The number of rotatable bonds is 3. The lowest BCUT2D eigenvalue weighted by Crippen LogP contribution is -2.34. The monoisotopic (exact) mass is 450 g/mol. The molecule has 1 aromatic carbocycles. The molecule has 0 unspecified atom stereocenters. The molecule has 0 saturated carbocycles. The van der Waals surface area contributed by atoms with Gasteiger partial charge in [0.2, 0.25) is 5.91 Å². The van der Waals surface area contributed by atoms with Gasteiger partial charge in [-0.05, 0) is 55.7 Å². The van der Waals surface area contributed by atoms with Gasteiger partial charge in [-0.15, -0.1) is 10.2 Å². The first-order valence-corrected chi connectivity index (χ1v) is 11.6. The van der Waals surface area contributed by atoms with Crippen LogP contribution in [0.2, 0.25) is 5.02 Å². The number of piperidine rings is 1. The molecule has 1 amide bonds. The molecule has 1 fully saturated rings. The number of pyridine rings is 1. The minimum atomic E-state index is 0.105. The van der Waals surface area contributed by atoms with E-state index >= 15 is 0 Å². The quantitative estimate of drug-likeness (QED) is 0.596. The van der Waals surface area contributed by atoms with Gasteiger partial charge in [-0.1, -0.05) is 24.6 Å². The number of aromatic nitrogens is 4. The molecule has 3 aromatic rings. The molecule has 7 nitrogen and oxygen atoms in total. The molecule has 4 heterocycles. The Morgan fingerprint density at radius 2 is 1.94 bits per heavy atom. The van der Waals surface area contributed by atoms with E-state index in [4.69, 9.17) is 11.6 Å². The first-order valence-electron chi connectivity index (χ1n) is 11.2.